The summed E-state index contributed by atoms with van der Waals surface area (Å²) in [6.07, 6.45) is 2.82. The van der Waals surface area contributed by atoms with Crippen molar-refractivity contribution in [3.63, 3.8) is 0 Å². The molecule has 0 radical (unpaired) electrons. The Labute approximate surface area is 184 Å². The zero-order valence-electron chi connectivity index (χ0n) is 16.9. The predicted octanol–water partition coefficient (Wildman–Crippen LogP) is 3.55. The van der Waals surface area contributed by atoms with Crippen molar-refractivity contribution >= 4 is 32.4 Å². The first-order valence-corrected chi connectivity index (χ1v) is 12.1. The first kappa shape index (κ1) is 23.0. The van der Waals surface area contributed by atoms with Gasteiger partial charge in [0.05, 0.1) is 0 Å². The molecular weight excluding hydrogens is 439 g/mol. The van der Waals surface area contributed by atoms with Gasteiger partial charge in [-0.05, 0) is 30.5 Å². The Kier molecular flexibility index (Phi) is 7.83. The van der Waals surface area contributed by atoms with Crippen LogP contribution in [0.3, 0.4) is 0 Å². The third-order valence-electron chi connectivity index (χ3n) is 4.46. The summed E-state index contributed by atoms with van der Waals surface area (Å²) in [7, 11) is -4.27. The summed E-state index contributed by atoms with van der Waals surface area (Å²) in [6, 6.07) is 12.8. The lowest BCUT2D eigenvalue weighted by molar-refractivity contribution is -0.117. The maximum Gasteiger partial charge on any atom is 0.244 e. The number of hydrogen-bond acceptors (Lipinski definition) is 6. The molecule has 0 saturated heterocycles. The highest BCUT2D eigenvalue weighted by Crippen LogP contribution is 2.19. The molecule has 2 N–H and O–H groups in total. The van der Waals surface area contributed by atoms with E-state index in [1.807, 2.05) is 6.07 Å². The fourth-order valence-electron chi connectivity index (χ4n) is 2.88. The smallest absolute Gasteiger partial charge is 0.244 e. The topological polar surface area (TPSA) is 101 Å². The number of rotatable bonds is 10. The summed E-state index contributed by atoms with van der Waals surface area (Å²) in [5.41, 5.74) is 0.750. The molecule has 0 aliphatic heterocycles. The van der Waals surface area contributed by atoms with Gasteiger partial charge in [0, 0.05) is 6.42 Å². The highest BCUT2D eigenvalue weighted by molar-refractivity contribution is 7.89. The number of unbranched alkanes of at least 4 members (excludes halogenated alkanes) is 1. The molecule has 164 valence electrons. The van der Waals surface area contributed by atoms with Gasteiger partial charge < -0.3 is 0 Å². The second kappa shape index (κ2) is 10.6. The predicted molar refractivity (Wildman–Crippen MR) is 118 cm³/mol. The van der Waals surface area contributed by atoms with Crippen molar-refractivity contribution < 1.29 is 17.6 Å². The molecule has 0 aliphatic carbocycles. The number of hydrogen-bond donors (Lipinski definition) is 2. The van der Waals surface area contributed by atoms with E-state index < -0.39 is 32.7 Å². The third kappa shape index (κ3) is 6.39. The molecule has 10 heteroatoms. The summed E-state index contributed by atoms with van der Waals surface area (Å²) < 4.78 is 42.0. The molecule has 31 heavy (non-hydrogen) atoms. The largest absolute Gasteiger partial charge is 0.299 e. The van der Waals surface area contributed by atoms with Gasteiger partial charge >= 0.3 is 0 Å². The Bertz CT molecular complexity index is 1120. The van der Waals surface area contributed by atoms with E-state index in [0.717, 1.165) is 42.0 Å². The fraction of sp³-hybridized carbons (Fsp3) is 0.286. The van der Waals surface area contributed by atoms with Gasteiger partial charge in [-0.1, -0.05) is 67.1 Å². The first-order chi connectivity index (χ1) is 14.9. The van der Waals surface area contributed by atoms with E-state index in [2.05, 4.69) is 27.2 Å². The highest BCUT2D eigenvalue weighted by atomic mass is 32.2. The summed E-state index contributed by atoms with van der Waals surface area (Å²) in [5, 5.41) is 11.7. The van der Waals surface area contributed by atoms with Crippen LogP contribution in [0.5, 0.6) is 0 Å². The van der Waals surface area contributed by atoms with Crippen LogP contribution in [0.2, 0.25) is 0 Å². The van der Waals surface area contributed by atoms with Crippen LogP contribution >= 0.6 is 11.3 Å². The molecule has 0 bridgehead atoms. The third-order valence-corrected chi connectivity index (χ3v) is 6.87. The Morgan fingerprint density at radius 3 is 2.52 bits per heavy atom. The number of nitrogens with one attached hydrogen (secondary N) is 2. The summed E-state index contributed by atoms with van der Waals surface area (Å²) in [4.78, 5) is 12.4. The average Bonchev–Trinajstić information content (AvgIpc) is 3.19. The van der Waals surface area contributed by atoms with Gasteiger partial charge in [-0.2, -0.15) is 4.72 Å². The molecular formula is C21H23FN4O3S2. The van der Waals surface area contributed by atoms with E-state index in [1.54, 1.807) is 24.3 Å². The summed E-state index contributed by atoms with van der Waals surface area (Å²) in [6.45, 7) is 2.07. The lowest BCUT2D eigenvalue weighted by Gasteiger charge is -2.18. The van der Waals surface area contributed by atoms with Crippen LogP contribution in [0, 0.1) is 5.82 Å². The average molecular weight is 463 g/mol. The minimum Gasteiger partial charge on any atom is -0.299 e. The minimum atomic E-state index is -4.27. The van der Waals surface area contributed by atoms with Gasteiger partial charge in [0.1, 0.15) is 21.8 Å². The standard InChI is InChI=1S/C21H23FN4O3S2/c1-2-3-13-19-24-25-21(30-19)23-20(27)17(14-15-9-5-4-6-10-15)26-31(28,29)18-12-8-7-11-16(18)22/h4-12,17,26H,2-3,13-14H2,1H3,(H,23,25,27). The molecule has 0 spiro atoms. The highest BCUT2D eigenvalue weighted by Gasteiger charge is 2.28. The number of benzene rings is 2. The Morgan fingerprint density at radius 1 is 1.10 bits per heavy atom. The molecule has 1 aromatic heterocycles. The van der Waals surface area contributed by atoms with Crippen molar-refractivity contribution in [2.75, 3.05) is 5.32 Å². The zero-order valence-corrected chi connectivity index (χ0v) is 18.5. The molecule has 1 amide bonds. The van der Waals surface area contributed by atoms with E-state index in [0.29, 0.717) is 5.13 Å². The van der Waals surface area contributed by atoms with Gasteiger partial charge in [-0.25, -0.2) is 12.8 Å². The number of sulfonamides is 1. The minimum absolute atomic E-state index is 0.0852. The van der Waals surface area contributed by atoms with Gasteiger partial charge in [-0.15, -0.1) is 10.2 Å². The van der Waals surface area contributed by atoms with E-state index in [9.17, 15) is 17.6 Å². The van der Waals surface area contributed by atoms with Crippen LogP contribution in [-0.2, 0) is 27.7 Å². The van der Waals surface area contributed by atoms with Crippen molar-refractivity contribution in [1.29, 1.82) is 0 Å². The molecule has 1 heterocycles. The lowest BCUT2D eigenvalue weighted by Crippen LogP contribution is -2.45. The first-order valence-electron chi connectivity index (χ1n) is 9.83. The Balaban J connectivity index is 1.81. The molecule has 0 fully saturated rings. The summed E-state index contributed by atoms with van der Waals surface area (Å²) in [5.74, 6) is -1.49. The van der Waals surface area contributed by atoms with E-state index >= 15 is 0 Å². The number of nitrogens with zero attached hydrogens (tertiary/aromatic N) is 2. The number of amides is 1. The Hall–Kier alpha value is -2.69. The SMILES string of the molecule is CCCCc1nnc(NC(=O)C(Cc2ccccc2)NS(=O)(=O)c2ccccc2F)s1. The number of carbonyl (C=O) groups is 1. The number of aryl methyl sites for hydroxylation is 1. The number of aromatic nitrogens is 2. The Morgan fingerprint density at radius 2 is 1.81 bits per heavy atom. The number of anilines is 1. The number of carbonyl (C=O) groups excluding carboxylic acids is 1. The van der Waals surface area contributed by atoms with Crippen molar-refractivity contribution in [3.8, 4) is 0 Å². The van der Waals surface area contributed by atoms with Gasteiger partial charge in [0.2, 0.25) is 21.1 Å². The molecule has 0 aliphatic rings. The van der Waals surface area contributed by atoms with E-state index in [4.69, 9.17) is 0 Å². The van der Waals surface area contributed by atoms with Crippen LogP contribution in [-0.4, -0.2) is 30.6 Å². The van der Waals surface area contributed by atoms with Crippen molar-refractivity contribution in [1.82, 2.24) is 14.9 Å². The molecule has 3 aromatic rings. The van der Waals surface area contributed by atoms with Crippen LogP contribution < -0.4 is 10.0 Å². The monoisotopic (exact) mass is 462 g/mol. The number of halogens is 1. The fourth-order valence-corrected chi connectivity index (χ4v) is 4.94. The maximum absolute atomic E-state index is 14.1. The normalized spacial score (nSPS) is 12.5. The zero-order chi connectivity index (χ0) is 22.3. The van der Waals surface area contributed by atoms with Crippen molar-refractivity contribution in [2.24, 2.45) is 0 Å². The van der Waals surface area contributed by atoms with E-state index in [-0.39, 0.29) is 6.42 Å². The second-order valence-corrected chi connectivity index (χ2v) is 9.63. The summed E-state index contributed by atoms with van der Waals surface area (Å²) >= 11 is 1.25. The van der Waals surface area contributed by atoms with Crippen molar-refractivity contribution in [2.45, 2.75) is 43.5 Å². The van der Waals surface area contributed by atoms with E-state index in [1.165, 1.54) is 23.5 Å². The van der Waals surface area contributed by atoms with Crippen LogP contribution in [0.1, 0.15) is 30.3 Å². The molecule has 7 nitrogen and oxygen atoms in total. The lowest BCUT2D eigenvalue weighted by atomic mass is 10.1. The van der Waals surface area contributed by atoms with Crippen molar-refractivity contribution in [3.05, 3.63) is 71.0 Å². The maximum atomic E-state index is 14.1. The van der Waals surface area contributed by atoms with Gasteiger partial charge in [-0.3, -0.25) is 10.1 Å². The van der Waals surface area contributed by atoms with Gasteiger partial charge in [0.15, 0.2) is 0 Å². The molecule has 1 atom stereocenters. The van der Waals surface area contributed by atoms with Gasteiger partial charge in [0.25, 0.3) is 0 Å². The molecule has 1 unspecified atom stereocenters. The molecule has 2 aromatic carbocycles. The van der Waals surface area contributed by atoms with Crippen LogP contribution in [0.4, 0.5) is 9.52 Å². The van der Waals surface area contributed by atoms with Crippen LogP contribution in [0.25, 0.3) is 0 Å². The second-order valence-electron chi connectivity index (χ2n) is 6.89. The van der Waals surface area contributed by atoms with Crippen LogP contribution in [0.15, 0.2) is 59.5 Å². The molecule has 0 saturated carbocycles. The molecule has 3 rings (SSSR count). The quantitative estimate of drug-likeness (QED) is 0.480.